The van der Waals surface area contributed by atoms with Crippen molar-refractivity contribution in [2.24, 2.45) is 0 Å². The third-order valence-electron chi connectivity index (χ3n) is 4.63. The van der Waals surface area contributed by atoms with Gasteiger partial charge in [-0.3, -0.25) is 19.3 Å². The highest BCUT2D eigenvalue weighted by atomic mass is 16.5. The van der Waals surface area contributed by atoms with E-state index in [1.165, 1.54) is 4.90 Å². The number of carbonyl (C=O) groups excluding carboxylic acids is 3. The van der Waals surface area contributed by atoms with E-state index in [9.17, 15) is 14.4 Å². The van der Waals surface area contributed by atoms with Gasteiger partial charge in [-0.1, -0.05) is 6.92 Å². The van der Waals surface area contributed by atoms with Crippen LogP contribution in [0.5, 0.6) is 5.75 Å². The molecule has 2 heterocycles. The number of imide groups is 1. The van der Waals surface area contributed by atoms with Gasteiger partial charge in [0.1, 0.15) is 5.75 Å². The minimum Gasteiger partial charge on any atom is -0.494 e. The summed E-state index contributed by atoms with van der Waals surface area (Å²) in [7, 11) is 0. The molecule has 0 spiro atoms. The van der Waals surface area contributed by atoms with Gasteiger partial charge in [-0.25, -0.2) is 4.90 Å². The molecule has 2 saturated heterocycles. The van der Waals surface area contributed by atoms with E-state index in [1.54, 1.807) is 29.2 Å². The summed E-state index contributed by atoms with van der Waals surface area (Å²) in [5, 5.41) is 0. The van der Waals surface area contributed by atoms with E-state index >= 15 is 0 Å². The largest absolute Gasteiger partial charge is 0.494 e. The lowest BCUT2D eigenvalue weighted by molar-refractivity contribution is -0.124. The molecule has 0 saturated carbocycles. The summed E-state index contributed by atoms with van der Waals surface area (Å²) < 4.78 is 5.53. The van der Waals surface area contributed by atoms with Crippen molar-refractivity contribution in [2.45, 2.75) is 25.8 Å². The first-order chi connectivity index (χ1) is 12.1. The highest BCUT2D eigenvalue weighted by Crippen LogP contribution is 2.27. The third kappa shape index (κ3) is 3.66. The normalized spacial score (nSPS) is 21.7. The van der Waals surface area contributed by atoms with Crippen LogP contribution in [-0.2, 0) is 14.4 Å². The first-order valence-corrected chi connectivity index (χ1v) is 8.67. The predicted molar refractivity (Wildman–Crippen MR) is 92.3 cm³/mol. The number of nitrogens with zero attached hydrogens (tertiary/aromatic N) is 3. The molecule has 0 unspecified atom stereocenters. The van der Waals surface area contributed by atoms with E-state index in [0.717, 1.165) is 18.6 Å². The lowest BCUT2D eigenvalue weighted by Crippen LogP contribution is -2.52. The van der Waals surface area contributed by atoms with Crippen LogP contribution in [-0.4, -0.2) is 66.9 Å². The number of ether oxygens (including phenoxy) is 1. The van der Waals surface area contributed by atoms with Crippen molar-refractivity contribution < 1.29 is 19.1 Å². The fraction of sp³-hybridized carbons (Fsp3) is 0.500. The van der Waals surface area contributed by atoms with Crippen molar-refractivity contribution in [1.82, 2.24) is 9.80 Å². The number of piperazine rings is 1. The minimum absolute atomic E-state index is 0.185. The molecule has 2 aliphatic heterocycles. The Labute approximate surface area is 147 Å². The number of rotatable bonds is 6. The Balaban J connectivity index is 1.68. The summed E-state index contributed by atoms with van der Waals surface area (Å²) in [6.07, 6.45) is 1.94. The Hall–Kier alpha value is -2.41. The quantitative estimate of drug-likeness (QED) is 0.565. The van der Waals surface area contributed by atoms with Gasteiger partial charge in [-0.2, -0.15) is 0 Å². The Morgan fingerprint density at radius 3 is 2.40 bits per heavy atom. The molecule has 1 aromatic rings. The molecule has 0 bridgehead atoms. The smallest absolute Gasteiger partial charge is 0.251 e. The number of amides is 3. The zero-order chi connectivity index (χ0) is 17.8. The second kappa shape index (κ2) is 7.65. The van der Waals surface area contributed by atoms with Gasteiger partial charge in [0, 0.05) is 26.2 Å². The molecule has 7 nitrogen and oxygen atoms in total. The van der Waals surface area contributed by atoms with Crippen LogP contribution in [0, 0.1) is 0 Å². The standard InChI is InChI=1S/C18H23N3O4/c1-2-11-25-15-5-3-14(4-6-15)21-17(23)12-16(18(21)24)20-9-7-19(13-22)8-10-20/h3-6,13,16H,2,7-12H2,1H3/t16-/m0/s1. The van der Waals surface area contributed by atoms with Crippen LogP contribution in [0.2, 0.25) is 0 Å². The molecule has 0 aliphatic carbocycles. The maximum absolute atomic E-state index is 12.8. The van der Waals surface area contributed by atoms with Gasteiger partial charge in [0.25, 0.3) is 5.91 Å². The van der Waals surface area contributed by atoms with Crippen LogP contribution in [0.4, 0.5) is 5.69 Å². The fourth-order valence-electron chi connectivity index (χ4n) is 3.24. The zero-order valence-corrected chi connectivity index (χ0v) is 14.4. The molecule has 134 valence electrons. The van der Waals surface area contributed by atoms with Gasteiger partial charge in [0.15, 0.2) is 0 Å². The minimum atomic E-state index is -0.433. The summed E-state index contributed by atoms with van der Waals surface area (Å²) in [6, 6.07) is 6.61. The number of hydrogen-bond acceptors (Lipinski definition) is 5. The molecule has 0 radical (unpaired) electrons. The summed E-state index contributed by atoms with van der Waals surface area (Å²) >= 11 is 0. The van der Waals surface area contributed by atoms with Crippen LogP contribution in [0.3, 0.4) is 0 Å². The van der Waals surface area contributed by atoms with Crippen molar-refractivity contribution in [3.05, 3.63) is 24.3 Å². The molecular weight excluding hydrogens is 322 g/mol. The van der Waals surface area contributed by atoms with Crippen LogP contribution in [0.15, 0.2) is 24.3 Å². The van der Waals surface area contributed by atoms with Crippen molar-refractivity contribution in [3.63, 3.8) is 0 Å². The summed E-state index contributed by atoms with van der Waals surface area (Å²) in [6.45, 7) is 5.07. The Morgan fingerprint density at radius 1 is 1.12 bits per heavy atom. The maximum Gasteiger partial charge on any atom is 0.251 e. The first-order valence-electron chi connectivity index (χ1n) is 8.67. The second-order valence-corrected chi connectivity index (χ2v) is 6.31. The molecule has 1 aromatic carbocycles. The summed E-state index contributed by atoms with van der Waals surface area (Å²) in [5.41, 5.74) is 0.577. The predicted octanol–water partition coefficient (Wildman–Crippen LogP) is 0.881. The van der Waals surface area contributed by atoms with E-state index in [0.29, 0.717) is 38.5 Å². The van der Waals surface area contributed by atoms with Gasteiger partial charge in [-0.05, 0) is 30.7 Å². The maximum atomic E-state index is 12.8. The Bertz CT molecular complexity index is 638. The SMILES string of the molecule is CCCOc1ccc(N2C(=O)C[C@H](N3CCN(C=O)CC3)C2=O)cc1. The molecule has 7 heteroatoms. The van der Waals surface area contributed by atoms with E-state index in [1.807, 2.05) is 11.8 Å². The van der Waals surface area contributed by atoms with Gasteiger partial charge in [0.05, 0.1) is 24.8 Å². The van der Waals surface area contributed by atoms with Crippen LogP contribution in [0.1, 0.15) is 19.8 Å². The van der Waals surface area contributed by atoms with Crippen molar-refractivity contribution in [2.75, 3.05) is 37.7 Å². The number of carbonyl (C=O) groups is 3. The molecule has 3 rings (SSSR count). The first kappa shape index (κ1) is 17.4. The molecule has 0 N–H and O–H groups in total. The molecule has 2 aliphatic rings. The topological polar surface area (TPSA) is 70.2 Å². The molecule has 3 amide bonds. The summed E-state index contributed by atoms with van der Waals surface area (Å²) in [4.78, 5) is 40.9. The van der Waals surface area contributed by atoms with Crippen LogP contribution < -0.4 is 9.64 Å². The third-order valence-corrected chi connectivity index (χ3v) is 4.63. The van der Waals surface area contributed by atoms with Gasteiger partial charge < -0.3 is 9.64 Å². The number of hydrogen-bond donors (Lipinski definition) is 0. The van der Waals surface area contributed by atoms with E-state index in [4.69, 9.17) is 4.74 Å². The van der Waals surface area contributed by atoms with Crippen LogP contribution in [0.25, 0.3) is 0 Å². The van der Waals surface area contributed by atoms with Gasteiger partial charge >= 0.3 is 0 Å². The number of anilines is 1. The summed E-state index contributed by atoms with van der Waals surface area (Å²) in [5.74, 6) is 0.355. The average molecular weight is 345 g/mol. The van der Waals surface area contributed by atoms with Crippen LogP contribution >= 0.6 is 0 Å². The van der Waals surface area contributed by atoms with E-state index in [-0.39, 0.29) is 18.2 Å². The highest BCUT2D eigenvalue weighted by molar-refractivity contribution is 6.22. The molecule has 0 aromatic heterocycles. The van der Waals surface area contributed by atoms with Crippen molar-refractivity contribution in [3.8, 4) is 5.75 Å². The Morgan fingerprint density at radius 2 is 1.80 bits per heavy atom. The average Bonchev–Trinajstić information content (AvgIpc) is 2.95. The van der Waals surface area contributed by atoms with E-state index < -0.39 is 6.04 Å². The molecule has 1 atom stereocenters. The Kier molecular flexibility index (Phi) is 5.33. The zero-order valence-electron chi connectivity index (χ0n) is 14.4. The fourth-order valence-corrected chi connectivity index (χ4v) is 3.24. The molecule has 25 heavy (non-hydrogen) atoms. The molecular formula is C18H23N3O4. The van der Waals surface area contributed by atoms with Gasteiger partial charge in [-0.15, -0.1) is 0 Å². The molecule has 2 fully saturated rings. The van der Waals surface area contributed by atoms with E-state index in [2.05, 4.69) is 0 Å². The lowest BCUT2D eigenvalue weighted by Gasteiger charge is -2.35. The van der Waals surface area contributed by atoms with Gasteiger partial charge in [0.2, 0.25) is 12.3 Å². The highest BCUT2D eigenvalue weighted by Gasteiger charge is 2.43. The van der Waals surface area contributed by atoms with Crippen molar-refractivity contribution in [1.29, 1.82) is 0 Å². The second-order valence-electron chi connectivity index (χ2n) is 6.31. The van der Waals surface area contributed by atoms with Crippen molar-refractivity contribution >= 4 is 23.9 Å². The number of benzene rings is 1. The monoisotopic (exact) mass is 345 g/mol. The lowest BCUT2D eigenvalue weighted by atomic mass is 10.2.